The fourth-order valence-corrected chi connectivity index (χ4v) is 0.598. The molecule has 0 amide bonds. The first-order valence-corrected chi connectivity index (χ1v) is 2.99. The Morgan fingerprint density at radius 2 is 2.27 bits per heavy atom. The van der Waals surface area contributed by atoms with Gasteiger partial charge in [0, 0.05) is 0 Å². The van der Waals surface area contributed by atoms with Crippen LogP contribution in [0.3, 0.4) is 0 Å². The summed E-state index contributed by atoms with van der Waals surface area (Å²) in [5, 5.41) is 12.2. The van der Waals surface area contributed by atoms with Crippen molar-refractivity contribution < 1.29 is 13.9 Å². The number of aromatic nitrogens is 3. The third-order valence-electron chi connectivity index (χ3n) is 1.13. The van der Waals surface area contributed by atoms with Crippen LogP contribution in [0.2, 0.25) is 0 Å². The van der Waals surface area contributed by atoms with Crippen LogP contribution in [-0.2, 0) is 6.54 Å². The molecule has 0 aliphatic carbocycles. The minimum absolute atomic E-state index is 0.225. The van der Waals surface area contributed by atoms with Crippen molar-refractivity contribution in [2.24, 2.45) is 0 Å². The number of rotatable bonds is 3. The molecular formula is C5H7F2N3O. The van der Waals surface area contributed by atoms with Gasteiger partial charge in [-0.25, -0.2) is 13.8 Å². The van der Waals surface area contributed by atoms with E-state index in [0.717, 1.165) is 4.68 Å². The first-order chi connectivity index (χ1) is 5.20. The lowest BCUT2D eigenvalue weighted by molar-refractivity contribution is -0.0154. The quantitative estimate of drug-likeness (QED) is 0.677. The minimum Gasteiger partial charge on any atom is -0.385 e. The standard InChI is InChI=1S/C5H7F2N3O/c6-5(7)4(11)1-10-3-8-2-9-10/h2-5,11H,1H2. The monoisotopic (exact) mass is 163 g/mol. The van der Waals surface area contributed by atoms with E-state index in [1.807, 2.05) is 0 Å². The molecule has 6 heteroatoms. The van der Waals surface area contributed by atoms with Crippen molar-refractivity contribution in [3.63, 3.8) is 0 Å². The number of hydrogen-bond acceptors (Lipinski definition) is 3. The molecule has 1 aromatic heterocycles. The molecule has 0 saturated carbocycles. The maximum absolute atomic E-state index is 11.7. The van der Waals surface area contributed by atoms with E-state index in [1.165, 1.54) is 12.7 Å². The Labute approximate surface area is 61.5 Å². The zero-order chi connectivity index (χ0) is 8.27. The molecule has 1 rings (SSSR count). The molecule has 1 N–H and O–H groups in total. The Balaban J connectivity index is 2.43. The summed E-state index contributed by atoms with van der Waals surface area (Å²) >= 11 is 0. The molecular weight excluding hydrogens is 156 g/mol. The normalized spacial score (nSPS) is 13.8. The van der Waals surface area contributed by atoms with Crippen LogP contribution in [0.5, 0.6) is 0 Å². The maximum Gasteiger partial charge on any atom is 0.265 e. The molecule has 0 bridgehead atoms. The van der Waals surface area contributed by atoms with E-state index < -0.39 is 12.5 Å². The number of alkyl halides is 2. The fraction of sp³-hybridized carbons (Fsp3) is 0.600. The Kier molecular flexibility index (Phi) is 2.48. The minimum atomic E-state index is -2.74. The van der Waals surface area contributed by atoms with Crippen LogP contribution in [0, 0.1) is 0 Å². The number of halogens is 2. The van der Waals surface area contributed by atoms with Crippen LogP contribution in [0.4, 0.5) is 8.78 Å². The van der Waals surface area contributed by atoms with E-state index in [1.54, 1.807) is 0 Å². The second-order valence-electron chi connectivity index (χ2n) is 2.02. The van der Waals surface area contributed by atoms with Crippen molar-refractivity contribution in [2.75, 3.05) is 0 Å². The third-order valence-corrected chi connectivity index (χ3v) is 1.13. The highest BCUT2D eigenvalue weighted by Crippen LogP contribution is 2.01. The van der Waals surface area contributed by atoms with Crippen LogP contribution in [0.15, 0.2) is 12.7 Å². The van der Waals surface area contributed by atoms with E-state index in [2.05, 4.69) is 10.1 Å². The molecule has 1 aromatic rings. The molecule has 0 aliphatic rings. The Morgan fingerprint density at radius 1 is 1.55 bits per heavy atom. The maximum atomic E-state index is 11.7. The number of hydrogen-bond donors (Lipinski definition) is 1. The molecule has 4 nitrogen and oxygen atoms in total. The van der Waals surface area contributed by atoms with Crippen molar-refractivity contribution in [3.05, 3.63) is 12.7 Å². The third kappa shape index (κ3) is 2.23. The molecule has 1 unspecified atom stereocenters. The second kappa shape index (κ2) is 3.38. The largest absolute Gasteiger partial charge is 0.385 e. The molecule has 0 aromatic carbocycles. The Hall–Kier alpha value is -1.04. The van der Waals surface area contributed by atoms with Crippen LogP contribution in [0.25, 0.3) is 0 Å². The summed E-state index contributed by atoms with van der Waals surface area (Å²) in [6.45, 7) is -0.225. The van der Waals surface area contributed by atoms with Crippen LogP contribution >= 0.6 is 0 Å². The van der Waals surface area contributed by atoms with E-state index in [4.69, 9.17) is 5.11 Å². The predicted octanol–water partition coefficient (Wildman–Crippen LogP) is -0.0959. The van der Waals surface area contributed by atoms with Gasteiger partial charge in [0.2, 0.25) is 0 Å². The molecule has 0 radical (unpaired) electrons. The molecule has 1 heterocycles. The summed E-state index contributed by atoms with van der Waals surface area (Å²) in [5.41, 5.74) is 0. The van der Waals surface area contributed by atoms with E-state index in [9.17, 15) is 8.78 Å². The van der Waals surface area contributed by atoms with Crippen molar-refractivity contribution in [1.82, 2.24) is 14.8 Å². The smallest absolute Gasteiger partial charge is 0.265 e. The summed E-state index contributed by atoms with van der Waals surface area (Å²) < 4.78 is 24.6. The average Bonchev–Trinajstić information content (AvgIpc) is 2.39. The highest BCUT2D eigenvalue weighted by atomic mass is 19.3. The van der Waals surface area contributed by atoms with Gasteiger partial charge in [0.05, 0.1) is 6.54 Å². The zero-order valence-electron chi connectivity index (χ0n) is 5.56. The van der Waals surface area contributed by atoms with Crippen LogP contribution in [0.1, 0.15) is 0 Å². The lowest BCUT2D eigenvalue weighted by atomic mass is 10.4. The zero-order valence-corrected chi connectivity index (χ0v) is 5.56. The van der Waals surface area contributed by atoms with Gasteiger partial charge in [0.25, 0.3) is 6.43 Å². The summed E-state index contributed by atoms with van der Waals surface area (Å²) in [5.74, 6) is 0. The number of aliphatic hydroxyl groups is 1. The van der Waals surface area contributed by atoms with Gasteiger partial charge in [0.1, 0.15) is 18.8 Å². The molecule has 0 aliphatic heterocycles. The van der Waals surface area contributed by atoms with Gasteiger partial charge in [-0.05, 0) is 0 Å². The van der Waals surface area contributed by atoms with E-state index in [-0.39, 0.29) is 6.54 Å². The molecule has 62 valence electrons. The second-order valence-corrected chi connectivity index (χ2v) is 2.02. The number of nitrogens with zero attached hydrogens (tertiary/aromatic N) is 3. The summed E-state index contributed by atoms with van der Waals surface area (Å²) in [6.07, 6.45) is -1.92. The van der Waals surface area contributed by atoms with Crippen LogP contribution in [-0.4, -0.2) is 32.4 Å². The average molecular weight is 163 g/mol. The highest BCUT2D eigenvalue weighted by Gasteiger charge is 2.16. The van der Waals surface area contributed by atoms with Crippen molar-refractivity contribution in [2.45, 2.75) is 19.1 Å². The Bertz CT molecular complexity index is 202. The first kappa shape index (κ1) is 8.06. The predicted molar refractivity (Wildman–Crippen MR) is 32.0 cm³/mol. The first-order valence-electron chi connectivity index (χ1n) is 2.99. The van der Waals surface area contributed by atoms with Crippen molar-refractivity contribution in [3.8, 4) is 0 Å². The van der Waals surface area contributed by atoms with Gasteiger partial charge in [-0.2, -0.15) is 5.10 Å². The van der Waals surface area contributed by atoms with Gasteiger partial charge in [-0.3, -0.25) is 4.68 Å². The van der Waals surface area contributed by atoms with Crippen LogP contribution < -0.4 is 0 Å². The summed E-state index contributed by atoms with van der Waals surface area (Å²) in [4.78, 5) is 3.53. The topological polar surface area (TPSA) is 50.9 Å². The lowest BCUT2D eigenvalue weighted by Gasteiger charge is -2.07. The molecule has 0 saturated heterocycles. The number of aliphatic hydroxyl groups excluding tert-OH is 1. The lowest BCUT2D eigenvalue weighted by Crippen LogP contribution is -2.24. The van der Waals surface area contributed by atoms with Gasteiger partial charge < -0.3 is 5.11 Å². The molecule has 11 heavy (non-hydrogen) atoms. The molecule has 0 fully saturated rings. The van der Waals surface area contributed by atoms with Crippen molar-refractivity contribution >= 4 is 0 Å². The summed E-state index contributed by atoms with van der Waals surface area (Å²) in [6, 6.07) is 0. The summed E-state index contributed by atoms with van der Waals surface area (Å²) in [7, 11) is 0. The molecule has 0 spiro atoms. The van der Waals surface area contributed by atoms with Gasteiger partial charge in [-0.15, -0.1) is 0 Å². The fourth-order valence-electron chi connectivity index (χ4n) is 0.598. The van der Waals surface area contributed by atoms with Gasteiger partial charge >= 0.3 is 0 Å². The van der Waals surface area contributed by atoms with E-state index in [0.29, 0.717) is 0 Å². The van der Waals surface area contributed by atoms with Gasteiger partial charge in [-0.1, -0.05) is 0 Å². The SMILES string of the molecule is OC(Cn1cncn1)C(F)F. The van der Waals surface area contributed by atoms with Crippen molar-refractivity contribution in [1.29, 1.82) is 0 Å². The molecule has 1 atom stereocenters. The Morgan fingerprint density at radius 3 is 2.73 bits per heavy atom. The van der Waals surface area contributed by atoms with Gasteiger partial charge in [0.15, 0.2) is 0 Å². The van der Waals surface area contributed by atoms with E-state index >= 15 is 0 Å². The highest BCUT2D eigenvalue weighted by molar-refractivity contribution is 4.62.